The maximum absolute atomic E-state index is 12.5. The van der Waals surface area contributed by atoms with Crippen molar-refractivity contribution in [1.29, 1.82) is 0 Å². The number of hydrogen-bond acceptors (Lipinski definition) is 3. The van der Waals surface area contributed by atoms with Crippen LogP contribution in [0.1, 0.15) is 15.9 Å². The molecular formula is C19H22N2O2. The molecule has 0 aliphatic carbocycles. The number of ether oxygens (including phenoxy) is 1. The summed E-state index contributed by atoms with van der Waals surface area (Å²) < 4.78 is 5.72. The first-order valence-electron chi connectivity index (χ1n) is 7.97. The van der Waals surface area contributed by atoms with Crippen LogP contribution in [0.25, 0.3) is 0 Å². The number of carbonyl (C=O) groups excluding carboxylic acids is 1. The summed E-state index contributed by atoms with van der Waals surface area (Å²) in [4.78, 5) is 16.6. The van der Waals surface area contributed by atoms with Gasteiger partial charge in [-0.1, -0.05) is 30.3 Å². The third-order valence-electron chi connectivity index (χ3n) is 4.14. The minimum atomic E-state index is 0.119. The summed E-state index contributed by atoms with van der Waals surface area (Å²) in [7, 11) is 2.09. The normalized spacial score (nSPS) is 15.4. The predicted octanol–water partition coefficient (Wildman–Crippen LogP) is 2.65. The molecule has 0 saturated carbocycles. The van der Waals surface area contributed by atoms with E-state index in [2.05, 4.69) is 11.9 Å². The van der Waals surface area contributed by atoms with Gasteiger partial charge in [0, 0.05) is 31.7 Å². The molecule has 3 rings (SSSR count). The molecule has 1 fully saturated rings. The third-order valence-corrected chi connectivity index (χ3v) is 4.14. The van der Waals surface area contributed by atoms with Gasteiger partial charge in [-0.15, -0.1) is 0 Å². The van der Waals surface area contributed by atoms with Crippen molar-refractivity contribution in [1.82, 2.24) is 9.80 Å². The second kappa shape index (κ2) is 7.29. The largest absolute Gasteiger partial charge is 0.489 e. The lowest BCUT2D eigenvalue weighted by Crippen LogP contribution is -2.47. The number of carbonyl (C=O) groups is 1. The summed E-state index contributed by atoms with van der Waals surface area (Å²) >= 11 is 0. The Morgan fingerprint density at radius 2 is 1.61 bits per heavy atom. The minimum absolute atomic E-state index is 0.119. The molecule has 4 heteroatoms. The Kier molecular flexibility index (Phi) is 4.93. The molecule has 2 aromatic carbocycles. The van der Waals surface area contributed by atoms with Crippen LogP contribution in [0.15, 0.2) is 54.6 Å². The Balaban J connectivity index is 1.57. The smallest absolute Gasteiger partial charge is 0.253 e. The summed E-state index contributed by atoms with van der Waals surface area (Å²) in [5.41, 5.74) is 1.81. The molecule has 0 aromatic heterocycles. The van der Waals surface area contributed by atoms with Gasteiger partial charge in [0.25, 0.3) is 5.91 Å². The lowest BCUT2D eigenvalue weighted by molar-refractivity contribution is 0.0664. The summed E-state index contributed by atoms with van der Waals surface area (Å²) in [6.07, 6.45) is 0. The van der Waals surface area contributed by atoms with E-state index in [1.165, 1.54) is 0 Å². The maximum atomic E-state index is 12.5. The summed E-state index contributed by atoms with van der Waals surface area (Å²) in [5.74, 6) is 0.971. The number of rotatable bonds is 4. The summed E-state index contributed by atoms with van der Waals surface area (Å²) in [5, 5.41) is 0. The molecule has 0 bridgehead atoms. The van der Waals surface area contributed by atoms with Gasteiger partial charge in [-0.2, -0.15) is 0 Å². The van der Waals surface area contributed by atoms with Gasteiger partial charge in [0.15, 0.2) is 0 Å². The van der Waals surface area contributed by atoms with Crippen LogP contribution >= 0.6 is 0 Å². The standard InChI is InChI=1S/C19H22N2O2/c1-20-11-13-21(14-12-20)19(22)17-9-7-16(8-10-17)15-23-18-5-3-2-4-6-18/h2-10H,11-15H2,1H3. The predicted molar refractivity (Wildman–Crippen MR) is 90.6 cm³/mol. The molecule has 120 valence electrons. The van der Waals surface area contributed by atoms with E-state index in [0.717, 1.165) is 43.1 Å². The van der Waals surface area contributed by atoms with E-state index in [-0.39, 0.29) is 5.91 Å². The van der Waals surface area contributed by atoms with E-state index in [1.54, 1.807) is 0 Å². The highest BCUT2D eigenvalue weighted by atomic mass is 16.5. The molecular weight excluding hydrogens is 288 g/mol. The van der Waals surface area contributed by atoms with E-state index in [0.29, 0.717) is 6.61 Å². The molecule has 0 unspecified atom stereocenters. The van der Waals surface area contributed by atoms with Gasteiger partial charge in [0.05, 0.1) is 0 Å². The first-order chi connectivity index (χ1) is 11.2. The fourth-order valence-electron chi connectivity index (χ4n) is 2.62. The Hall–Kier alpha value is -2.33. The van der Waals surface area contributed by atoms with Gasteiger partial charge >= 0.3 is 0 Å². The monoisotopic (exact) mass is 310 g/mol. The summed E-state index contributed by atoms with van der Waals surface area (Å²) in [6.45, 7) is 3.98. The van der Waals surface area contributed by atoms with Crippen LogP contribution in [0.4, 0.5) is 0 Å². The van der Waals surface area contributed by atoms with E-state index in [9.17, 15) is 4.79 Å². The fraction of sp³-hybridized carbons (Fsp3) is 0.316. The molecule has 1 aliphatic heterocycles. The Bertz CT molecular complexity index is 632. The zero-order valence-electron chi connectivity index (χ0n) is 13.4. The van der Waals surface area contributed by atoms with Crippen LogP contribution in [0.2, 0.25) is 0 Å². The zero-order valence-corrected chi connectivity index (χ0v) is 13.4. The molecule has 0 N–H and O–H groups in total. The first-order valence-corrected chi connectivity index (χ1v) is 7.97. The molecule has 0 atom stereocenters. The van der Waals surface area contributed by atoms with Crippen LogP contribution in [0.3, 0.4) is 0 Å². The SMILES string of the molecule is CN1CCN(C(=O)c2ccc(COc3ccccc3)cc2)CC1. The van der Waals surface area contributed by atoms with E-state index in [1.807, 2.05) is 59.5 Å². The lowest BCUT2D eigenvalue weighted by Gasteiger charge is -2.32. The van der Waals surface area contributed by atoms with E-state index >= 15 is 0 Å². The number of nitrogens with zero attached hydrogens (tertiary/aromatic N) is 2. The van der Waals surface area contributed by atoms with Crippen LogP contribution in [0, 0.1) is 0 Å². The topological polar surface area (TPSA) is 32.8 Å². The minimum Gasteiger partial charge on any atom is -0.489 e. The van der Waals surface area contributed by atoms with Gasteiger partial charge in [-0.25, -0.2) is 0 Å². The first kappa shape index (κ1) is 15.6. The summed E-state index contributed by atoms with van der Waals surface area (Å²) in [6, 6.07) is 17.5. The second-order valence-corrected chi connectivity index (χ2v) is 5.89. The van der Waals surface area contributed by atoms with Gasteiger partial charge in [0.2, 0.25) is 0 Å². The molecule has 23 heavy (non-hydrogen) atoms. The zero-order chi connectivity index (χ0) is 16.1. The number of benzene rings is 2. The van der Waals surface area contributed by atoms with Gasteiger partial charge < -0.3 is 14.5 Å². The van der Waals surface area contributed by atoms with Crippen molar-refractivity contribution < 1.29 is 9.53 Å². The molecule has 4 nitrogen and oxygen atoms in total. The van der Waals surface area contributed by atoms with Gasteiger partial charge in [0.1, 0.15) is 12.4 Å². The van der Waals surface area contributed by atoms with Crippen molar-refractivity contribution in [3.8, 4) is 5.75 Å². The fourth-order valence-corrected chi connectivity index (χ4v) is 2.62. The molecule has 1 amide bonds. The van der Waals surface area contributed by atoms with Crippen molar-refractivity contribution in [3.63, 3.8) is 0 Å². The van der Waals surface area contributed by atoms with Crippen LogP contribution < -0.4 is 4.74 Å². The number of likely N-dealkylation sites (N-methyl/N-ethyl adjacent to an activating group) is 1. The lowest BCUT2D eigenvalue weighted by atomic mass is 10.1. The van der Waals surface area contributed by atoms with Crippen molar-refractivity contribution in [3.05, 3.63) is 65.7 Å². The van der Waals surface area contributed by atoms with Crippen LogP contribution in [-0.2, 0) is 6.61 Å². The van der Waals surface area contributed by atoms with Crippen LogP contribution in [-0.4, -0.2) is 48.9 Å². The highest BCUT2D eigenvalue weighted by Gasteiger charge is 2.20. The average Bonchev–Trinajstić information content (AvgIpc) is 2.61. The highest BCUT2D eigenvalue weighted by Crippen LogP contribution is 2.13. The quantitative estimate of drug-likeness (QED) is 0.870. The van der Waals surface area contributed by atoms with Gasteiger partial charge in [-0.05, 0) is 36.9 Å². The molecule has 2 aromatic rings. The Labute approximate surface area is 137 Å². The Morgan fingerprint density at radius 3 is 2.26 bits per heavy atom. The van der Waals surface area contributed by atoms with Crippen molar-refractivity contribution in [2.45, 2.75) is 6.61 Å². The van der Waals surface area contributed by atoms with Crippen LogP contribution in [0.5, 0.6) is 5.75 Å². The molecule has 1 aliphatic rings. The average molecular weight is 310 g/mol. The molecule has 0 radical (unpaired) electrons. The van der Waals surface area contributed by atoms with Crippen molar-refractivity contribution >= 4 is 5.91 Å². The number of piperazine rings is 1. The van der Waals surface area contributed by atoms with Crippen molar-refractivity contribution in [2.75, 3.05) is 33.2 Å². The van der Waals surface area contributed by atoms with E-state index < -0.39 is 0 Å². The maximum Gasteiger partial charge on any atom is 0.253 e. The number of hydrogen-bond donors (Lipinski definition) is 0. The second-order valence-electron chi connectivity index (χ2n) is 5.89. The number of amides is 1. The van der Waals surface area contributed by atoms with Gasteiger partial charge in [-0.3, -0.25) is 4.79 Å². The van der Waals surface area contributed by atoms with Crippen molar-refractivity contribution in [2.24, 2.45) is 0 Å². The number of para-hydroxylation sites is 1. The van der Waals surface area contributed by atoms with E-state index in [4.69, 9.17) is 4.74 Å². The molecule has 0 spiro atoms. The third kappa shape index (κ3) is 4.11. The highest BCUT2D eigenvalue weighted by molar-refractivity contribution is 5.94. The molecule has 1 heterocycles. The Morgan fingerprint density at radius 1 is 0.957 bits per heavy atom. The molecule has 1 saturated heterocycles.